The van der Waals surface area contributed by atoms with Gasteiger partial charge in [-0.25, -0.2) is 0 Å². The molecule has 0 unspecified atom stereocenters. The Balaban J connectivity index is 1.77. The number of carbonyl (C=O) groups excluding carboxylic acids is 1. The van der Waals surface area contributed by atoms with Gasteiger partial charge in [-0.1, -0.05) is 0 Å². The third-order valence-corrected chi connectivity index (χ3v) is 1.59. The summed E-state index contributed by atoms with van der Waals surface area (Å²) in [5.74, 6) is -3.44. The van der Waals surface area contributed by atoms with Gasteiger partial charge in [-0.05, 0) is 0 Å². The second-order valence-electron chi connectivity index (χ2n) is 2.82. The molecule has 0 aromatic rings. The molecule has 2 fully saturated rings. The zero-order valence-electron chi connectivity index (χ0n) is 6.81. The van der Waals surface area contributed by atoms with Gasteiger partial charge < -0.3 is 9.84 Å². The number of hydrogen-bond acceptors (Lipinski definition) is 7. The standard InChI is InChI=1S/C6H8O7/c1-4(7)9-6(12-13-6)3-2-5(8)10-11-5/h8H,2-3H2,1H3. The maximum Gasteiger partial charge on any atom is 0.383 e. The molecule has 0 aromatic heterocycles. The Morgan fingerprint density at radius 3 is 2.31 bits per heavy atom. The van der Waals surface area contributed by atoms with Gasteiger partial charge in [0.25, 0.3) is 0 Å². The van der Waals surface area contributed by atoms with Crippen LogP contribution in [0.3, 0.4) is 0 Å². The van der Waals surface area contributed by atoms with E-state index < -0.39 is 17.9 Å². The smallest absolute Gasteiger partial charge is 0.383 e. The molecule has 0 saturated carbocycles. The summed E-state index contributed by atoms with van der Waals surface area (Å²) in [5, 5.41) is 9.06. The molecule has 2 rings (SSSR count). The molecule has 2 aliphatic heterocycles. The fourth-order valence-electron chi connectivity index (χ4n) is 0.876. The Hall–Kier alpha value is -0.730. The zero-order chi connectivity index (χ0) is 9.53. The van der Waals surface area contributed by atoms with Gasteiger partial charge in [-0.2, -0.15) is 19.6 Å². The van der Waals surface area contributed by atoms with E-state index in [0.29, 0.717) is 0 Å². The molecule has 7 heteroatoms. The van der Waals surface area contributed by atoms with E-state index in [2.05, 4.69) is 24.3 Å². The van der Waals surface area contributed by atoms with Crippen molar-refractivity contribution in [2.45, 2.75) is 31.7 Å². The molecule has 0 amide bonds. The van der Waals surface area contributed by atoms with Crippen LogP contribution in [0, 0.1) is 0 Å². The quantitative estimate of drug-likeness (QED) is 0.366. The van der Waals surface area contributed by atoms with E-state index in [-0.39, 0.29) is 12.8 Å². The maximum absolute atomic E-state index is 10.5. The Morgan fingerprint density at radius 1 is 1.31 bits per heavy atom. The summed E-state index contributed by atoms with van der Waals surface area (Å²) in [5.41, 5.74) is 0. The van der Waals surface area contributed by atoms with E-state index in [4.69, 9.17) is 5.11 Å². The molecule has 13 heavy (non-hydrogen) atoms. The second-order valence-corrected chi connectivity index (χ2v) is 2.82. The van der Waals surface area contributed by atoms with Gasteiger partial charge in [0.05, 0.1) is 6.42 Å². The first-order valence-electron chi connectivity index (χ1n) is 3.69. The van der Waals surface area contributed by atoms with Crippen LogP contribution in [0.25, 0.3) is 0 Å². The number of esters is 1. The maximum atomic E-state index is 10.5. The summed E-state index contributed by atoms with van der Waals surface area (Å²) in [6, 6.07) is 0. The summed E-state index contributed by atoms with van der Waals surface area (Å²) in [6.07, 6.45) is 0.239. The van der Waals surface area contributed by atoms with Gasteiger partial charge in [-0.15, -0.1) is 0 Å². The predicted molar refractivity (Wildman–Crippen MR) is 33.0 cm³/mol. The average molecular weight is 192 g/mol. The lowest BCUT2D eigenvalue weighted by atomic mass is 10.2. The highest BCUT2D eigenvalue weighted by atomic mass is 17.5. The van der Waals surface area contributed by atoms with Crippen LogP contribution in [0.15, 0.2) is 0 Å². The van der Waals surface area contributed by atoms with Crippen molar-refractivity contribution in [1.82, 2.24) is 0 Å². The van der Waals surface area contributed by atoms with Crippen molar-refractivity contribution >= 4 is 5.97 Å². The van der Waals surface area contributed by atoms with Gasteiger partial charge in [0.2, 0.25) is 0 Å². The minimum Gasteiger partial charge on any atom is -0.404 e. The van der Waals surface area contributed by atoms with Crippen LogP contribution in [0.4, 0.5) is 0 Å². The largest absolute Gasteiger partial charge is 0.404 e. The van der Waals surface area contributed by atoms with Crippen LogP contribution in [0.5, 0.6) is 0 Å². The van der Waals surface area contributed by atoms with Crippen molar-refractivity contribution in [1.29, 1.82) is 0 Å². The number of hydrogen-bond donors (Lipinski definition) is 1. The van der Waals surface area contributed by atoms with Gasteiger partial charge >= 0.3 is 17.9 Å². The van der Waals surface area contributed by atoms with Crippen LogP contribution < -0.4 is 0 Å². The zero-order valence-corrected chi connectivity index (χ0v) is 6.81. The molecule has 0 aliphatic carbocycles. The van der Waals surface area contributed by atoms with E-state index >= 15 is 0 Å². The third-order valence-electron chi connectivity index (χ3n) is 1.59. The minimum atomic E-state index is -1.57. The summed E-state index contributed by atoms with van der Waals surface area (Å²) < 4.78 is 4.67. The van der Waals surface area contributed by atoms with Crippen molar-refractivity contribution in [2.24, 2.45) is 0 Å². The van der Waals surface area contributed by atoms with Gasteiger partial charge in [-0.3, -0.25) is 4.79 Å². The summed E-state index contributed by atoms with van der Waals surface area (Å²) >= 11 is 0. The molecule has 0 radical (unpaired) electrons. The van der Waals surface area contributed by atoms with Gasteiger partial charge in [0.1, 0.15) is 0 Å². The lowest BCUT2D eigenvalue weighted by Crippen LogP contribution is -2.22. The fourth-order valence-corrected chi connectivity index (χ4v) is 0.876. The second kappa shape index (κ2) is 2.63. The monoisotopic (exact) mass is 192 g/mol. The van der Waals surface area contributed by atoms with Gasteiger partial charge in [0, 0.05) is 13.3 Å². The highest BCUT2D eigenvalue weighted by Crippen LogP contribution is 2.41. The lowest BCUT2D eigenvalue weighted by molar-refractivity contribution is -0.161. The van der Waals surface area contributed by atoms with Crippen molar-refractivity contribution < 1.29 is 34.2 Å². The molecule has 0 atom stereocenters. The molecular formula is C6H8O7. The predicted octanol–water partition coefficient (Wildman–Crippen LogP) is -0.447. The molecule has 0 bridgehead atoms. The van der Waals surface area contributed by atoms with Crippen LogP contribution in [0.2, 0.25) is 0 Å². The molecule has 0 spiro atoms. The molecule has 7 nitrogen and oxygen atoms in total. The van der Waals surface area contributed by atoms with E-state index in [9.17, 15) is 4.79 Å². The van der Waals surface area contributed by atoms with Crippen LogP contribution in [-0.4, -0.2) is 23.0 Å². The van der Waals surface area contributed by atoms with Gasteiger partial charge in [0.15, 0.2) is 0 Å². The highest BCUT2D eigenvalue weighted by molar-refractivity contribution is 5.66. The number of ether oxygens (including phenoxy) is 1. The Bertz CT molecular complexity index is 229. The van der Waals surface area contributed by atoms with Crippen LogP contribution >= 0.6 is 0 Å². The summed E-state index contributed by atoms with van der Waals surface area (Å²) in [4.78, 5) is 27.9. The van der Waals surface area contributed by atoms with Crippen molar-refractivity contribution in [2.75, 3.05) is 0 Å². The van der Waals surface area contributed by atoms with E-state index in [0.717, 1.165) is 0 Å². The van der Waals surface area contributed by atoms with Crippen molar-refractivity contribution in [3.63, 3.8) is 0 Å². The fraction of sp³-hybridized carbons (Fsp3) is 0.833. The molecule has 1 N–H and O–H groups in total. The average Bonchev–Trinajstić information content (AvgIpc) is 2.88. The first kappa shape index (κ1) is 8.85. The Labute approximate surface area is 72.9 Å². The summed E-state index contributed by atoms with van der Waals surface area (Å²) in [6.45, 7) is 1.23. The minimum absolute atomic E-state index is 0.0975. The number of carbonyl (C=O) groups is 1. The van der Waals surface area contributed by atoms with E-state index in [1.807, 2.05) is 0 Å². The topological polar surface area (TPSA) is 96.7 Å². The first-order chi connectivity index (χ1) is 6.04. The molecular weight excluding hydrogens is 184 g/mol. The highest BCUT2D eigenvalue weighted by Gasteiger charge is 2.58. The molecule has 2 heterocycles. The van der Waals surface area contributed by atoms with E-state index in [1.165, 1.54) is 6.92 Å². The van der Waals surface area contributed by atoms with Crippen LogP contribution in [-0.2, 0) is 29.1 Å². The Kier molecular flexibility index (Phi) is 1.79. The first-order valence-corrected chi connectivity index (χ1v) is 3.69. The van der Waals surface area contributed by atoms with Crippen molar-refractivity contribution in [3.8, 4) is 0 Å². The lowest BCUT2D eigenvalue weighted by Gasteiger charge is -2.05. The molecule has 0 aromatic carbocycles. The number of rotatable bonds is 4. The summed E-state index contributed by atoms with van der Waals surface area (Å²) in [7, 11) is 0. The van der Waals surface area contributed by atoms with E-state index in [1.54, 1.807) is 0 Å². The number of aliphatic hydroxyl groups is 1. The van der Waals surface area contributed by atoms with Crippen LogP contribution in [0.1, 0.15) is 19.8 Å². The Morgan fingerprint density at radius 2 is 1.92 bits per heavy atom. The van der Waals surface area contributed by atoms with Crippen molar-refractivity contribution in [3.05, 3.63) is 0 Å². The molecule has 2 saturated heterocycles. The normalized spacial score (nSPS) is 26.6. The third kappa shape index (κ3) is 2.14. The SMILES string of the molecule is CC(=O)OC1(CCC2(O)OO2)OO1. The molecule has 2 aliphatic rings. The molecule has 74 valence electrons.